The molecule has 15 heavy (non-hydrogen) atoms. The zero-order valence-electron chi connectivity index (χ0n) is 8.43. The molecule has 2 heterocycles. The molecule has 0 amide bonds. The number of nitrogens with one attached hydrogen (secondary N) is 1. The van der Waals surface area contributed by atoms with E-state index in [1.54, 1.807) is 12.3 Å². The molecule has 0 aliphatic carbocycles. The molecular weight excluding hydrogens is 214 g/mol. The number of nitrogens with zero attached hydrogens (tertiary/aromatic N) is 2. The summed E-state index contributed by atoms with van der Waals surface area (Å²) in [6.45, 7) is 3.88. The van der Waals surface area contributed by atoms with Gasteiger partial charge in [-0.05, 0) is 18.1 Å². The van der Waals surface area contributed by atoms with Gasteiger partial charge in [0.1, 0.15) is 10.6 Å². The van der Waals surface area contributed by atoms with Crippen molar-refractivity contribution in [1.82, 2.24) is 9.82 Å². The van der Waals surface area contributed by atoms with E-state index < -0.39 is 10.0 Å². The number of sulfonamides is 1. The van der Waals surface area contributed by atoms with Gasteiger partial charge in [-0.3, -0.25) is 4.98 Å². The quantitative estimate of drug-likeness (QED) is 0.766. The Bertz CT molecular complexity index is 520. The fraction of sp³-hybridized carbons (Fsp3) is 0.333. The van der Waals surface area contributed by atoms with Gasteiger partial charge < -0.3 is 0 Å². The van der Waals surface area contributed by atoms with Crippen molar-refractivity contribution in [3.05, 3.63) is 24.0 Å². The largest absolute Gasteiger partial charge is 0.278 e. The Morgan fingerprint density at radius 1 is 1.40 bits per heavy atom. The van der Waals surface area contributed by atoms with Crippen molar-refractivity contribution in [2.24, 2.45) is 11.0 Å². The Labute approximate surface area is 88.3 Å². The highest BCUT2D eigenvalue weighted by molar-refractivity contribution is 7.89. The normalized spacial score (nSPS) is 17.9. The van der Waals surface area contributed by atoms with E-state index >= 15 is 0 Å². The molecule has 1 aliphatic heterocycles. The Balaban J connectivity index is 2.68. The van der Waals surface area contributed by atoms with Crippen LogP contribution in [0.3, 0.4) is 0 Å². The monoisotopic (exact) mass is 225 g/mol. The minimum atomic E-state index is -3.51. The van der Waals surface area contributed by atoms with Crippen LogP contribution in [0.2, 0.25) is 0 Å². The van der Waals surface area contributed by atoms with Crippen LogP contribution < -0.4 is 4.83 Å². The van der Waals surface area contributed by atoms with Crippen LogP contribution in [0.25, 0.3) is 0 Å². The van der Waals surface area contributed by atoms with E-state index in [9.17, 15) is 8.42 Å². The molecule has 0 unspecified atom stereocenters. The van der Waals surface area contributed by atoms with Gasteiger partial charge in [-0.25, -0.2) is 0 Å². The van der Waals surface area contributed by atoms with Crippen LogP contribution in [-0.2, 0) is 10.0 Å². The van der Waals surface area contributed by atoms with Crippen LogP contribution in [-0.4, -0.2) is 19.1 Å². The smallest absolute Gasteiger partial charge is 0.253 e. The Morgan fingerprint density at radius 3 is 2.80 bits per heavy atom. The molecule has 0 aromatic carbocycles. The molecule has 5 nitrogen and oxygen atoms in total. The molecule has 0 fully saturated rings. The Hall–Kier alpha value is -1.43. The second-order valence-corrected chi connectivity index (χ2v) is 5.23. The van der Waals surface area contributed by atoms with Crippen LogP contribution in [0.4, 0.5) is 0 Å². The van der Waals surface area contributed by atoms with Gasteiger partial charge in [-0.15, -0.1) is 0 Å². The molecule has 0 bridgehead atoms. The van der Waals surface area contributed by atoms with E-state index in [4.69, 9.17) is 0 Å². The number of hydrogen-bond acceptors (Lipinski definition) is 4. The fourth-order valence-electron chi connectivity index (χ4n) is 1.41. The van der Waals surface area contributed by atoms with E-state index in [1.807, 2.05) is 13.8 Å². The van der Waals surface area contributed by atoms with Gasteiger partial charge in [0.25, 0.3) is 10.0 Å². The van der Waals surface area contributed by atoms with E-state index in [0.717, 1.165) is 0 Å². The third kappa shape index (κ3) is 1.61. The molecule has 1 N–H and O–H groups in total. The summed E-state index contributed by atoms with van der Waals surface area (Å²) < 4.78 is 23.2. The molecule has 0 radical (unpaired) electrons. The second-order valence-electron chi connectivity index (χ2n) is 3.60. The number of hydrazone groups is 1. The fourth-order valence-corrected chi connectivity index (χ4v) is 2.40. The number of rotatable bonds is 1. The molecule has 0 saturated carbocycles. The summed E-state index contributed by atoms with van der Waals surface area (Å²) in [5.74, 6) is 0.127. The zero-order valence-corrected chi connectivity index (χ0v) is 9.25. The maximum Gasteiger partial charge on any atom is 0.278 e. The molecule has 6 heteroatoms. The molecule has 1 aromatic heterocycles. The van der Waals surface area contributed by atoms with Crippen molar-refractivity contribution >= 4 is 15.7 Å². The first-order chi connectivity index (χ1) is 7.02. The van der Waals surface area contributed by atoms with Gasteiger partial charge in [-0.2, -0.15) is 18.4 Å². The summed E-state index contributed by atoms with van der Waals surface area (Å²) in [4.78, 5) is 6.43. The summed E-state index contributed by atoms with van der Waals surface area (Å²) in [6, 6.07) is 3.13. The second kappa shape index (κ2) is 3.30. The predicted molar refractivity (Wildman–Crippen MR) is 55.9 cm³/mol. The number of fused-ring (bicyclic) bond motifs is 1. The molecule has 80 valence electrons. The molecule has 1 aliphatic rings. The van der Waals surface area contributed by atoms with Crippen molar-refractivity contribution in [2.45, 2.75) is 18.7 Å². The van der Waals surface area contributed by atoms with Crippen molar-refractivity contribution in [3.8, 4) is 0 Å². The minimum absolute atomic E-state index is 0.127. The first kappa shape index (κ1) is 10.1. The van der Waals surface area contributed by atoms with Crippen molar-refractivity contribution in [3.63, 3.8) is 0 Å². The lowest BCUT2D eigenvalue weighted by Crippen LogP contribution is -2.30. The first-order valence-electron chi connectivity index (χ1n) is 4.57. The van der Waals surface area contributed by atoms with Gasteiger partial charge >= 0.3 is 0 Å². The summed E-state index contributed by atoms with van der Waals surface area (Å²) in [5, 5.41) is 3.84. The molecule has 0 atom stereocenters. The maximum atomic E-state index is 11.6. The minimum Gasteiger partial charge on any atom is -0.253 e. The lowest BCUT2D eigenvalue weighted by Gasteiger charge is -2.18. The van der Waals surface area contributed by atoms with Crippen LogP contribution in [0.5, 0.6) is 0 Å². The van der Waals surface area contributed by atoms with E-state index in [1.165, 1.54) is 6.07 Å². The third-order valence-corrected chi connectivity index (χ3v) is 3.38. The molecule has 0 saturated heterocycles. The van der Waals surface area contributed by atoms with E-state index in [2.05, 4.69) is 14.9 Å². The van der Waals surface area contributed by atoms with Crippen LogP contribution in [0.15, 0.2) is 28.3 Å². The molecule has 2 rings (SSSR count). The van der Waals surface area contributed by atoms with Crippen LogP contribution >= 0.6 is 0 Å². The average Bonchev–Trinajstić information content (AvgIpc) is 2.17. The molecule has 0 spiro atoms. The van der Waals surface area contributed by atoms with Crippen molar-refractivity contribution < 1.29 is 8.42 Å². The maximum absolute atomic E-state index is 11.6. The lowest BCUT2D eigenvalue weighted by molar-refractivity contribution is 0.581. The zero-order chi connectivity index (χ0) is 11.1. The molecular formula is C9H11N3O2S. The summed E-state index contributed by atoms with van der Waals surface area (Å²) in [7, 11) is -3.51. The van der Waals surface area contributed by atoms with Gasteiger partial charge in [0.05, 0.1) is 5.71 Å². The summed E-state index contributed by atoms with van der Waals surface area (Å²) in [5.41, 5.74) is 1.12. The standard InChI is InChI=1S/C9H11N3O2S/c1-6(2)8-9-7(4-3-5-10-9)15(13,14)12-11-8/h3-6,12H,1-2H3. The van der Waals surface area contributed by atoms with E-state index in [0.29, 0.717) is 11.4 Å². The summed E-state index contributed by atoms with van der Waals surface area (Å²) in [6.07, 6.45) is 1.57. The van der Waals surface area contributed by atoms with Gasteiger partial charge in [0.2, 0.25) is 0 Å². The topological polar surface area (TPSA) is 71.4 Å². The number of aromatic nitrogens is 1. The highest BCUT2D eigenvalue weighted by atomic mass is 32.2. The summed E-state index contributed by atoms with van der Waals surface area (Å²) >= 11 is 0. The molecule has 1 aromatic rings. The highest BCUT2D eigenvalue weighted by Crippen LogP contribution is 2.20. The van der Waals surface area contributed by atoms with Gasteiger partial charge in [0, 0.05) is 6.20 Å². The van der Waals surface area contributed by atoms with Crippen molar-refractivity contribution in [1.29, 1.82) is 0 Å². The average molecular weight is 225 g/mol. The third-order valence-electron chi connectivity index (χ3n) is 2.14. The first-order valence-corrected chi connectivity index (χ1v) is 6.05. The Kier molecular flexibility index (Phi) is 2.22. The number of hydrogen-bond donors (Lipinski definition) is 1. The van der Waals surface area contributed by atoms with Crippen LogP contribution in [0, 0.1) is 5.92 Å². The SMILES string of the molecule is CC(C)C1=NNS(=O)(=O)c2cccnc21. The van der Waals surface area contributed by atoms with Gasteiger partial charge in [-0.1, -0.05) is 13.8 Å². The number of pyridine rings is 1. The lowest BCUT2D eigenvalue weighted by atomic mass is 10.0. The van der Waals surface area contributed by atoms with Crippen LogP contribution in [0.1, 0.15) is 19.5 Å². The predicted octanol–water partition coefficient (Wildman–Crippen LogP) is 0.734. The van der Waals surface area contributed by atoms with Crippen molar-refractivity contribution in [2.75, 3.05) is 0 Å². The Morgan fingerprint density at radius 2 is 2.13 bits per heavy atom. The van der Waals surface area contributed by atoms with E-state index in [-0.39, 0.29) is 10.8 Å². The highest BCUT2D eigenvalue weighted by Gasteiger charge is 2.27. The van der Waals surface area contributed by atoms with Gasteiger partial charge in [0.15, 0.2) is 0 Å².